The number of benzene rings is 4. The van der Waals surface area contributed by atoms with Crippen LogP contribution < -0.4 is 0 Å². The molecule has 2 nitrogen and oxygen atoms in total. The van der Waals surface area contributed by atoms with E-state index in [2.05, 4.69) is 23.7 Å². The highest BCUT2D eigenvalue weighted by Crippen LogP contribution is 2.14. The lowest BCUT2D eigenvalue weighted by molar-refractivity contribution is 1.51. The van der Waals surface area contributed by atoms with Gasteiger partial charge in [-0.1, -0.05) is 84.6 Å². The molecule has 0 unspecified atom stereocenters. The van der Waals surface area contributed by atoms with Crippen molar-refractivity contribution < 1.29 is 0 Å². The molecule has 0 fully saturated rings. The second-order valence-electron chi connectivity index (χ2n) is 6.82. The first kappa shape index (κ1) is 20.6. The Balaban J connectivity index is 1.84. The van der Waals surface area contributed by atoms with Crippen molar-refractivity contribution in [1.29, 1.82) is 0 Å². The lowest BCUT2D eigenvalue weighted by Crippen LogP contribution is -2.10. The topological polar surface area (TPSA) is 24.7 Å². The highest BCUT2D eigenvalue weighted by molar-refractivity contribution is 6.55. The second-order valence-corrected chi connectivity index (χ2v) is 6.82. The van der Waals surface area contributed by atoms with Gasteiger partial charge in [0.15, 0.2) is 0 Å². The molecular weight excluding hydrogens is 388 g/mol. The largest absolute Gasteiger partial charge is 0.237 e. The Morgan fingerprint density at radius 1 is 0.406 bits per heavy atom. The summed E-state index contributed by atoms with van der Waals surface area (Å²) in [6.45, 7) is 0. The van der Waals surface area contributed by atoms with Gasteiger partial charge in [0, 0.05) is 11.1 Å². The van der Waals surface area contributed by atoms with Crippen LogP contribution in [0.3, 0.4) is 0 Å². The van der Waals surface area contributed by atoms with Crippen molar-refractivity contribution in [3.63, 3.8) is 0 Å². The molecule has 0 atom stereocenters. The predicted octanol–water partition coefficient (Wildman–Crippen LogP) is 6.64. The van der Waals surface area contributed by atoms with Gasteiger partial charge in [-0.3, -0.25) is 0 Å². The van der Waals surface area contributed by atoms with Gasteiger partial charge in [-0.05, 0) is 60.4 Å². The average Bonchev–Trinajstić information content (AvgIpc) is 2.87. The fourth-order valence-corrected chi connectivity index (χ4v) is 2.85. The molecule has 0 saturated heterocycles. The normalized spacial score (nSPS) is 11.0. The molecule has 32 heavy (non-hydrogen) atoms. The molecule has 0 amide bonds. The van der Waals surface area contributed by atoms with Gasteiger partial charge < -0.3 is 0 Å². The third-order valence-electron chi connectivity index (χ3n) is 4.42. The zero-order chi connectivity index (χ0) is 21.8. The van der Waals surface area contributed by atoms with Gasteiger partial charge in [-0.15, -0.1) is 0 Å². The SMILES string of the molecule is C(#Cc1ccccc1)C(=Nc1ccccc1)C(C#Cc1ccccc1)=Nc1ccccc1. The Morgan fingerprint density at radius 3 is 1.06 bits per heavy atom. The van der Waals surface area contributed by atoms with Gasteiger partial charge in [0.05, 0.1) is 11.4 Å². The van der Waals surface area contributed by atoms with Gasteiger partial charge in [0.1, 0.15) is 11.4 Å². The van der Waals surface area contributed by atoms with E-state index in [0.717, 1.165) is 22.5 Å². The molecule has 0 aliphatic heterocycles. The standard InChI is InChI=1S/C30H20N2/c1-5-13-25(14-6-1)21-23-29(31-27-17-9-3-10-18-27)30(32-28-19-11-4-12-20-28)24-22-26-15-7-2-8-16-26/h1-20H. The van der Waals surface area contributed by atoms with Gasteiger partial charge in [0.2, 0.25) is 0 Å². The highest BCUT2D eigenvalue weighted by Gasteiger charge is 2.06. The van der Waals surface area contributed by atoms with E-state index in [1.165, 1.54) is 0 Å². The van der Waals surface area contributed by atoms with Crippen LogP contribution in [0.15, 0.2) is 131 Å². The summed E-state index contributed by atoms with van der Waals surface area (Å²) >= 11 is 0. The summed E-state index contributed by atoms with van der Waals surface area (Å²) in [5, 5.41) is 0. The van der Waals surface area contributed by atoms with E-state index < -0.39 is 0 Å². The lowest BCUT2D eigenvalue weighted by Gasteiger charge is -2.01. The first-order valence-corrected chi connectivity index (χ1v) is 10.3. The molecular formula is C30H20N2. The first-order chi connectivity index (χ1) is 15.9. The molecule has 0 aliphatic carbocycles. The second kappa shape index (κ2) is 10.9. The molecule has 0 spiro atoms. The summed E-state index contributed by atoms with van der Waals surface area (Å²) < 4.78 is 0. The monoisotopic (exact) mass is 408 g/mol. The number of rotatable bonds is 3. The average molecular weight is 409 g/mol. The summed E-state index contributed by atoms with van der Waals surface area (Å²) in [5.41, 5.74) is 4.45. The smallest absolute Gasteiger partial charge is 0.148 e. The zero-order valence-electron chi connectivity index (χ0n) is 17.4. The Hall–Kier alpha value is -4.66. The molecule has 4 rings (SSSR count). The van der Waals surface area contributed by atoms with Gasteiger partial charge >= 0.3 is 0 Å². The predicted molar refractivity (Wildman–Crippen MR) is 134 cm³/mol. The van der Waals surface area contributed by atoms with Crippen molar-refractivity contribution in [2.24, 2.45) is 9.98 Å². The molecule has 4 aromatic rings. The minimum atomic E-state index is 0.521. The van der Waals surface area contributed by atoms with Gasteiger partial charge in [0.25, 0.3) is 0 Å². The molecule has 0 radical (unpaired) electrons. The molecule has 0 bridgehead atoms. The van der Waals surface area contributed by atoms with E-state index >= 15 is 0 Å². The molecule has 0 N–H and O–H groups in total. The minimum Gasteiger partial charge on any atom is -0.237 e. The number of hydrogen-bond acceptors (Lipinski definition) is 2. The first-order valence-electron chi connectivity index (χ1n) is 10.3. The van der Waals surface area contributed by atoms with E-state index in [-0.39, 0.29) is 0 Å². The van der Waals surface area contributed by atoms with E-state index in [0.29, 0.717) is 11.4 Å². The minimum absolute atomic E-state index is 0.521. The van der Waals surface area contributed by atoms with E-state index in [4.69, 9.17) is 9.98 Å². The van der Waals surface area contributed by atoms with Crippen LogP contribution in [0.2, 0.25) is 0 Å². The van der Waals surface area contributed by atoms with Crippen LogP contribution in [0.1, 0.15) is 11.1 Å². The molecule has 150 valence electrons. The van der Waals surface area contributed by atoms with E-state index in [9.17, 15) is 0 Å². The Morgan fingerprint density at radius 2 is 0.719 bits per heavy atom. The van der Waals surface area contributed by atoms with Crippen LogP contribution in [0.4, 0.5) is 11.4 Å². The maximum Gasteiger partial charge on any atom is 0.148 e. The van der Waals surface area contributed by atoms with Crippen molar-refractivity contribution >= 4 is 22.8 Å². The zero-order valence-corrected chi connectivity index (χ0v) is 17.4. The molecule has 0 aliphatic rings. The number of nitrogens with zero attached hydrogens (tertiary/aromatic N) is 2. The molecule has 0 saturated carbocycles. The van der Waals surface area contributed by atoms with E-state index in [1.807, 2.05) is 121 Å². The van der Waals surface area contributed by atoms with Crippen molar-refractivity contribution in [2.45, 2.75) is 0 Å². The summed E-state index contributed by atoms with van der Waals surface area (Å²) in [4.78, 5) is 9.58. The molecule has 0 heterocycles. The van der Waals surface area contributed by atoms with Crippen LogP contribution in [-0.2, 0) is 0 Å². The third-order valence-corrected chi connectivity index (χ3v) is 4.42. The maximum absolute atomic E-state index is 4.79. The number of para-hydroxylation sites is 2. The van der Waals surface area contributed by atoms with Crippen molar-refractivity contribution in [1.82, 2.24) is 0 Å². The lowest BCUT2D eigenvalue weighted by atomic mass is 10.1. The van der Waals surface area contributed by atoms with Crippen LogP contribution in [0, 0.1) is 23.7 Å². The fourth-order valence-electron chi connectivity index (χ4n) is 2.85. The van der Waals surface area contributed by atoms with Crippen LogP contribution >= 0.6 is 0 Å². The molecule has 4 aromatic carbocycles. The summed E-state index contributed by atoms with van der Waals surface area (Å²) in [5.74, 6) is 12.8. The van der Waals surface area contributed by atoms with Crippen LogP contribution in [0.25, 0.3) is 0 Å². The number of hydrogen-bond donors (Lipinski definition) is 0. The Kier molecular flexibility index (Phi) is 7.04. The fraction of sp³-hybridized carbons (Fsp3) is 0. The Bertz CT molecular complexity index is 1220. The van der Waals surface area contributed by atoms with Gasteiger partial charge in [-0.2, -0.15) is 0 Å². The summed E-state index contributed by atoms with van der Waals surface area (Å²) in [6.07, 6.45) is 0. The highest BCUT2D eigenvalue weighted by atomic mass is 14.8. The third kappa shape index (κ3) is 6.17. The number of aliphatic imine (C=N–C) groups is 2. The Labute approximate surface area is 189 Å². The summed E-state index contributed by atoms with van der Waals surface area (Å²) in [6, 6.07) is 39.2. The van der Waals surface area contributed by atoms with Crippen LogP contribution in [-0.4, -0.2) is 11.4 Å². The van der Waals surface area contributed by atoms with Gasteiger partial charge in [-0.25, -0.2) is 9.98 Å². The van der Waals surface area contributed by atoms with Crippen LogP contribution in [0.5, 0.6) is 0 Å². The van der Waals surface area contributed by atoms with Crippen molar-refractivity contribution in [3.8, 4) is 23.7 Å². The maximum atomic E-state index is 4.79. The van der Waals surface area contributed by atoms with E-state index in [1.54, 1.807) is 0 Å². The molecule has 2 heteroatoms. The van der Waals surface area contributed by atoms with Crippen molar-refractivity contribution in [2.75, 3.05) is 0 Å². The van der Waals surface area contributed by atoms with Crippen molar-refractivity contribution in [3.05, 3.63) is 132 Å². The molecule has 0 aromatic heterocycles. The quantitative estimate of drug-likeness (QED) is 0.268. The summed E-state index contributed by atoms with van der Waals surface area (Å²) in [7, 11) is 0.